The summed E-state index contributed by atoms with van der Waals surface area (Å²) in [4.78, 5) is 30.3. The van der Waals surface area contributed by atoms with Crippen molar-refractivity contribution in [3.63, 3.8) is 0 Å². The molecule has 0 fully saturated rings. The van der Waals surface area contributed by atoms with Crippen molar-refractivity contribution in [1.29, 1.82) is 0 Å². The molecule has 0 aliphatic heterocycles. The molecule has 1 atom stereocenters. The van der Waals surface area contributed by atoms with Crippen molar-refractivity contribution >= 4 is 27.5 Å². The largest absolute Gasteiger partial charge is 0.456 e. The molecule has 61 heavy (non-hydrogen) atoms. The predicted octanol–water partition coefficient (Wildman–Crippen LogP) is 13.1. The predicted molar refractivity (Wildman–Crippen MR) is 244 cm³/mol. The molecule has 7 heteroatoms. The second-order valence-corrected chi connectivity index (χ2v) is 15.0. The third kappa shape index (κ3) is 7.08. The SMILES string of the molecule is C1=CC(c2nc(-c3ccccc3)nc(-c3cccc(-c4ccc5oc6cccc(-c7nc(-c8ccccc8)nc(-c8ccccc8)n7)c6c5c4)c3)n2)CC=C1c1ccccc1. The van der Waals surface area contributed by atoms with Crippen LogP contribution in [0, 0.1) is 0 Å². The van der Waals surface area contributed by atoms with Crippen molar-refractivity contribution in [2.75, 3.05) is 0 Å². The average Bonchev–Trinajstić information content (AvgIpc) is 3.73. The molecule has 0 bridgehead atoms. The van der Waals surface area contributed by atoms with E-state index in [-0.39, 0.29) is 5.92 Å². The van der Waals surface area contributed by atoms with Gasteiger partial charge in [-0.15, -0.1) is 0 Å². The number of aromatic nitrogens is 6. The van der Waals surface area contributed by atoms with Crippen LogP contribution in [0.15, 0.2) is 205 Å². The number of fused-ring (bicyclic) bond motifs is 3. The number of nitrogens with zero attached hydrogens (tertiary/aromatic N) is 6. The van der Waals surface area contributed by atoms with Crippen molar-refractivity contribution < 1.29 is 4.42 Å². The van der Waals surface area contributed by atoms with Crippen molar-refractivity contribution in [3.05, 3.63) is 212 Å². The maximum atomic E-state index is 6.48. The number of allylic oxidation sites excluding steroid dienone is 4. The van der Waals surface area contributed by atoms with Gasteiger partial charge in [0.05, 0.1) is 0 Å². The summed E-state index contributed by atoms with van der Waals surface area (Å²) >= 11 is 0. The van der Waals surface area contributed by atoms with Crippen molar-refractivity contribution in [1.82, 2.24) is 29.9 Å². The molecule has 1 aliphatic rings. The van der Waals surface area contributed by atoms with E-state index in [0.717, 1.165) is 73.1 Å². The third-order valence-electron chi connectivity index (χ3n) is 11.1. The highest BCUT2D eigenvalue weighted by molar-refractivity contribution is 6.12. The summed E-state index contributed by atoms with van der Waals surface area (Å²) < 4.78 is 6.48. The summed E-state index contributed by atoms with van der Waals surface area (Å²) in [6.45, 7) is 0. The Balaban J connectivity index is 0.996. The van der Waals surface area contributed by atoms with E-state index in [1.165, 1.54) is 11.1 Å². The Morgan fingerprint density at radius 2 is 0.902 bits per heavy atom. The van der Waals surface area contributed by atoms with Gasteiger partial charge in [-0.05, 0) is 52.9 Å². The first-order valence-electron chi connectivity index (χ1n) is 20.4. The summed E-state index contributed by atoms with van der Waals surface area (Å²) in [5, 5.41) is 1.91. The zero-order valence-corrected chi connectivity index (χ0v) is 32.9. The quantitative estimate of drug-likeness (QED) is 0.151. The van der Waals surface area contributed by atoms with Crippen LogP contribution in [0.1, 0.15) is 23.7 Å². The maximum Gasteiger partial charge on any atom is 0.164 e. The van der Waals surface area contributed by atoms with Crippen LogP contribution in [-0.4, -0.2) is 29.9 Å². The average molecular weight is 785 g/mol. The summed E-state index contributed by atoms with van der Waals surface area (Å²) in [6.07, 6.45) is 7.47. The van der Waals surface area contributed by atoms with Crippen molar-refractivity contribution in [2.24, 2.45) is 0 Å². The van der Waals surface area contributed by atoms with E-state index < -0.39 is 0 Å². The van der Waals surface area contributed by atoms with E-state index >= 15 is 0 Å². The standard InChI is InChI=1S/C54H36N6O/c1-5-15-35(16-6-1)36-27-29-40(30-28-36)52-55-49(37-17-7-2-8-18-37)57-53(58-52)43-24-13-23-41(33-43)42-31-32-46-45(34-42)48-44(25-14-26-47(48)61-46)54-59-50(38-19-9-3-10-20-38)56-51(60-54)39-21-11-4-12-22-39/h1-29,31-34,40H,30H2. The normalized spacial score (nSPS) is 13.7. The van der Waals surface area contributed by atoms with E-state index in [1.54, 1.807) is 0 Å². The van der Waals surface area contributed by atoms with Crippen LogP contribution in [0.4, 0.5) is 0 Å². The van der Waals surface area contributed by atoms with Crippen molar-refractivity contribution in [3.8, 4) is 68.1 Å². The van der Waals surface area contributed by atoms with Gasteiger partial charge in [0.15, 0.2) is 29.1 Å². The molecular formula is C54H36N6O. The molecule has 3 heterocycles. The molecule has 0 radical (unpaired) electrons. The first kappa shape index (κ1) is 36.0. The lowest BCUT2D eigenvalue weighted by molar-refractivity contribution is 0.669. The number of hydrogen-bond donors (Lipinski definition) is 0. The van der Waals surface area contributed by atoms with Crippen LogP contribution < -0.4 is 0 Å². The molecule has 10 aromatic rings. The zero-order chi connectivity index (χ0) is 40.5. The molecule has 0 saturated carbocycles. The van der Waals surface area contributed by atoms with Gasteiger partial charge in [-0.1, -0.05) is 176 Å². The molecule has 1 unspecified atom stereocenters. The highest BCUT2D eigenvalue weighted by Gasteiger charge is 2.21. The number of furan rings is 1. The highest BCUT2D eigenvalue weighted by atomic mass is 16.3. The van der Waals surface area contributed by atoms with Crippen LogP contribution in [0.2, 0.25) is 0 Å². The van der Waals surface area contributed by atoms with Crippen LogP contribution in [0.3, 0.4) is 0 Å². The Hall–Kier alpha value is -8.16. The Morgan fingerprint density at radius 3 is 1.51 bits per heavy atom. The van der Waals surface area contributed by atoms with Gasteiger partial charge < -0.3 is 4.42 Å². The summed E-state index contributed by atoms with van der Waals surface area (Å²) in [5.74, 6) is 3.84. The van der Waals surface area contributed by atoms with E-state index in [4.69, 9.17) is 34.3 Å². The Labute approximate surface area is 352 Å². The fourth-order valence-electron chi connectivity index (χ4n) is 8.02. The minimum Gasteiger partial charge on any atom is -0.456 e. The molecule has 0 amide bonds. The number of rotatable bonds is 8. The molecular weight excluding hydrogens is 749 g/mol. The Kier molecular flexibility index (Phi) is 9.16. The van der Waals surface area contributed by atoms with Crippen LogP contribution in [0.5, 0.6) is 0 Å². The zero-order valence-electron chi connectivity index (χ0n) is 32.9. The van der Waals surface area contributed by atoms with Gasteiger partial charge in [-0.3, -0.25) is 0 Å². The lowest BCUT2D eigenvalue weighted by Gasteiger charge is -2.17. The minimum absolute atomic E-state index is 0.0164. The fourth-order valence-corrected chi connectivity index (χ4v) is 8.02. The molecule has 3 aromatic heterocycles. The second-order valence-electron chi connectivity index (χ2n) is 15.0. The molecule has 1 aliphatic carbocycles. The molecule has 7 aromatic carbocycles. The third-order valence-corrected chi connectivity index (χ3v) is 11.1. The van der Waals surface area contributed by atoms with E-state index in [2.05, 4.69) is 85.0 Å². The molecule has 0 saturated heterocycles. The summed E-state index contributed by atoms with van der Waals surface area (Å²) in [5.41, 5.74) is 10.6. The number of hydrogen-bond acceptors (Lipinski definition) is 7. The van der Waals surface area contributed by atoms with Crippen LogP contribution in [-0.2, 0) is 0 Å². The number of benzene rings is 7. The Bertz CT molecular complexity index is 3210. The van der Waals surface area contributed by atoms with Crippen LogP contribution in [0.25, 0.3) is 95.6 Å². The Morgan fingerprint density at radius 1 is 0.393 bits per heavy atom. The summed E-state index contributed by atoms with van der Waals surface area (Å²) in [7, 11) is 0. The maximum absolute atomic E-state index is 6.48. The summed E-state index contributed by atoms with van der Waals surface area (Å²) in [6, 6.07) is 61.5. The van der Waals surface area contributed by atoms with E-state index in [0.29, 0.717) is 29.1 Å². The second kappa shape index (κ2) is 15.5. The lowest BCUT2D eigenvalue weighted by Crippen LogP contribution is -2.08. The molecule has 11 rings (SSSR count). The van der Waals surface area contributed by atoms with E-state index in [1.807, 2.05) is 115 Å². The molecule has 0 spiro atoms. The first-order chi connectivity index (χ1) is 30.2. The van der Waals surface area contributed by atoms with Crippen molar-refractivity contribution in [2.45, 2.75) is 12.3 Å². The highest BCUT2D eigenvalue weighted by Crippen LogP contribution is 2.39. The molecule has 288 valence electrons. The monoisotopic (exact) mass is 784 g/mol. The molecule has 7 nitrogen and oxygen atoms in total. The van der Waals surface area contributed by atoms with Gasteiger partial charge in [0, 0.05) is 44.5 Å². The topological polar surface area (TPSA) is 90.5 Å². The van der Waals surface area contributed by atoms with E-state index in [9.17, 15) is 0 Å². The fraction of sp³-hybridized carbons (Fsp3) is 0.0370. The van der Waals surface area contributed by atoms with Gasteiger partial charge in [0.2, 0.25) is 0 Å². The van der Waals surface area contributed by atoms with Gasteiger partial charge >= 0.3 is 0 Å². The lowest BCUT2D eigenvalue weighted by atomic mass is 9.92. The smallest absolute Gasteiger partial charge is 0.164 e. The van der Waals surface area contributed by atoms with Crippen LogP contribution >= 0.6 is 0 Å². The van der Waals surface area contributed by atoms with Gasteiger partial charge in [-0.2, -0.15) is 0 Å². The first-order valence-corrected chi connectivity index (χ1v) is 20.4. The van der Waals surface area contributed by atoms with Gasteiger partial charge in [0.25, 0.3) is 0 Å². The minimum atomic E-state index is 0.0164. The van der Waals surface area contributed by atoms with Gasteiger partial charge in [-0.25, -0.2) is 29.9 Å². The van der Waals surface area contributed by atoms with Gasteiger partial charge in [0.1, 0.15) is 17.0 Å². The molecule has 0 N–H and O–H groups in total.